The second kappa shape index (κ2) is 11.1. The molecule has 0 bridgehead atoms. The van der Waals surface area contributed by atoms with Gasteiger partial charge in [0.2, 0.25) is 0 Å². The van der Waals surface area contributed by atoms with Crippen LogP contribution < -0.4 is 4.90 Å². The molecule has 0 saturated heterocycles. The van der Waals surface area contributed by atoms with E-state index in [1.165, 1.54) is 43.6 Å². The van der Waals surface area contributed by atoms with Crippen LogP contribution in [0.5, 0.6) is 0 Å². The summed E-state index contributed by atoms with van der Waals surface area (Å²) in [4.78, 5) is 7.46. The molecule has 0 radical (unpaired) electrons. The third kappa shape index (κ3) is 5.16. The summed E-state index contributed by atoms with van der Waals surface area (Å²) in [5.41, 5.74) is 14.8. The average Bonchev–Trinajstić information content (AvgIpc) is 3.61. The van der Waals surface area contributed by atoms with Crippen molar-refractivity contribution in [3.63, 3.8) is 0 Å². The van der Waals surface area contributed by atoms with Crippen molar-refractivity contribution in [3.05, 3.63) is 156 Å². The second-order valence-electron chi connectivity index (χ2n) is 14.1. The van der Waals surface area contributed by atoms with Crippen LogP contribution in [0.15, 0.2) is 140 Å². The Kier molecular flexibility index (Phi) is 6.93. The maximum atomic E-state index is 5.06. The molecule has 3 heteroatoms. The number of nitrogens with zero attached hydrogens (tertiary/aromatic N) is 2. The molecule has 1 aliphatic rings. The van der Waals surface area contributed by atoms with E-state index >= 15 is 0 Å². The molecule has 7 aromatic rings. The molecule has 6 aromatic carbocycles. The summed E-state index contributed by atoms with van der Waals surface area (Å²) >= 11 is 1.75. The minimum absolute atomic E-state index is 0.0731. The predicted molar refractivity (Wildman–Crippen MR) is 201 cm³/mol. The van der Waals surface area contributed by atoms with Gasteiger partial charge >= 0.3 is 0 Å². The van der Waals surface area contributed by atoms with Crippen molar-refractivity contribution >= 4 is 38.6 Å². The molecule has 47 heavy (non-hydrogen) atoms. The Morgan fingerprint density at radius 1 is 0.553 bits per heavy atom. The zero-order chi connectivity index (χ0) is 32.3. The van der Waals surface area contributed by atoms with Gasteiger partial charge < -0.3 is 4.90 Å². The molecule has 0 atom stereocenters. The Morgan fingerprint density at radius 3 is 1.89 bits per heavy atom. The third-order valence-electron chi connectivity index (χ3n) is 9.69. The van der Waals surface area contributed by atoms with Gasteiger partial charge in [-0.05, 0) is 86.8 Å². The maximum absolute atomic E-state index is 5.06. The molecule has 0 aliphatic heterocycles. The van der Waals surface area contributed by atoms with E-state index in [9.17, 15) is 0 Å². The highest BCUT2D eigenvalue weighted by atomic mass is 32.1. The molecule has 0 fully saturated rings. The van der Waals surface area contributed by atoms with Gasteiger partial charge in [-0.15, -0.1) is 11.3 Å². The van der Waals surface area contributed by atoms with Crippen LogP contribution in [0.2, 0.25) is 0 Å². The topological polar surface area (TPSA) is 16.1 Å². The second-order valence-corrected chi connectivity index (χ2v) is 15.2. The van der Waals surface area contributed by atoms with Crippen molar-refractivity contribution in [2.75, 3.05) is 4.90 Å². The zero-order valence-electron chi connectivity index (χ0n) is 27.6. The first-order chi connectivity index (χ1) is 22.7. The standard InChI is InChI=1S/C44H38N2S/c1-43(2,3)32-19-21-33(22-20-32)46(34-23-25-37-36-13-9-10-14-38(36)44(4,5)39(37)27-34)35-24-26-40-41(28-35)47-42(45-40)31-17-15-30(16-18-31)29-11-7-6-8-12-29/h6-28H,1-5H3. The number of benzene rings is 6. The Hall–Kier alpha value is -4.99. The SMILES string of the molecule is CC(C)(C)c1ccc(N(c2ccc3c(c2)C(C)(C)c2ccccc2-3)c2ccc3nc(-c4ccc(-c5ccccc5)cc4)sc3c2)cc1. The first kappa shape index (κ1) is 29.4. The summed E-state index contributed by atoms with van der Waals surface area (Å²) in [6.07, 6.45) is 0. The van der Waals surface area contributed by atoms with E-state index in [4.69, 9.17) is 4.98 Å². The predicted octanol–water partition coefficient (Wildman–Crippen LogP) is 12.7. The number of hydrogen-bond donors (Lipinski definition) is 0. The summed E-state index contributed by atoms with van der Waals surface area (Å²) in [5.74, 6) is 0. The molecule has 8 rings (SSSR count). The summed E-state index contributed by atoms with van der Waals surface area (Å²) in [6.45, 7) is 11.5. The van der Waals surface area contributed by atoms with E-state index in [0.29, 0.717) is 0 Å². The number of thiazole rings is 1. The summed E-state index contributed by atoms with van der Waals surface area (Å²) < 4.78 is 1.18. The summed E-state index contributed by atoms with van der Waals surface area (Å²) in [5, 5.41) is 1.04. The largest absolute Gasteiger partial charge is 0.310 e. The fourth-order valence-corrected chi connectivity index (χ4v) is 8.00. The molecule has 0 unspecified atom stereocenters. The Balaban J connectivity index is 1.21. The normalized spacial score (nSPS) is 13.4. The molecule has 0 spiro atoms. The van der Waals surface area contributed by atoms with E-state index in [2.05, 4.69) is 179 Å². The fraction of sp³-hybridized carbons (Fsp3) is 0.159. The highest BCUT2D eigenvalue weighted by molar-refractivity contribution is 7.21. The highest BCUT2D eigenvalue weighted by Gasteiger charge is 2.35. The molecule has 0 saturated carbocycles. The van der Waals surface area contributed by atoms with E-state index in [1.807, 2.05) is 0 Å². The van der Waals surface area contributed by atoms with Crippen LogP contribution in [-0.4, -0.2) is 4.98 Å². The van der Waals surface area contributed by atoms with Crippen LogP contribution in [0.25, 0.3) is 43.0 Å². The number of anilines is 3. The quantitative estimate of drug-likeness (QED) is 0.189. The van der Waals surface area contributed by atoms with Crippen molar-refractivity contribution < 1.29 is 0 Å². The first-order valence-electron chi connectivity index (χ1n) is 16.4. The first-order valence-corrected chi connectivity index (χ1v) is 17.2. The molecule has 0 amide bonds. The van der Waals surface area contributed by atoms with Crippen LogP contribution in [0, 0.1) is 0 Å². The molecule has 230 valence electrons. The van der Waals surface area contributed by atoms with Crippen molar-refractivity contribution in [3.8, 4) is 32.8 Å². The van der Waals surface area contributed by atoms with Crippen molar-refractivity contribution in [2.24, 2.45) is 0 Å². The molecule has 2 nitrogen and oxygen atoms in total. The van der Waals surface area contributed by atoms with Gasteiger partial charge in [0.25, 0.3) is 0 Å². The average molecular weight is 627 g/mol. The smallest absolute Gasteiger partial charge is 0.124 e. The Morgan fingerprint density at radius 2 is 1.15 bits per heavy atom. The van der Waals surface area contributed by atoms with Gasteiger partial charge in [-0.1, -0.05) is 132 Å². The minimum atomic E-state index is -0.0731. The Labute approximate surface area is 282 Å². The van der Waals surface area contributed by atoms with E-state index in [1.54, 1.807) is 11.3 Å². The third-order valence-corrected chi connectivity index (χ3v) is 10.8. The Bertz CT molecular complexity index is 2230. The van der Waals surface area contributed by atoms with Crippen LogP contribution in [0.4, 0.5) is 17.1 Å². The molecular formula is C44H38N2S. The number of aromatic nitrogens is 1. The molecular weight excluding hydrogens is 589 g/mol. The van der Waals surface area contributed by atoms with Gasteiger partial charge in [-0.25, -0.2) is 4.98 Å². The lowest BCUT2D eigenvalue weighted by Crippen LogP contribution is -2.17. The lowest BCUT2D eigenvalue weighted by atomic mass is 9.82. The molecule has 0 N–H and O–H groups in total. The van der Waals surface area contributed by atoms with Gasteiger partial charge in [0.15, 0.2) is 0 Å². The van der Waals surface area contributed by atoms with Gasteiger partial charge in [-0.3, -0.25) is 0 Å². The van der Waals surface area contributed by atoms with Crippen LogP contribution in [-0.2, 0) is 10.8 Å². The minimum Gasteiger partial charge on any atom is -0.310 e. The molecule has 1 heterocycles. The van der Waals surface area contributed by atoms with E-state index in [-0.39, 0.29) is 10.8 Å². The lowest BCUT2D eigenvalue weighted by molar-refractivity contribution is 0.590. The fourth-order valence-electron chi connectivity index (χ4n) is 7.00. The van der Waals surface area contributed by atoms with E-state index in [0.717, 1.165) is 33.1 Å². The number of fused-ring (bicyclic) bond motifs is 4. The van der Waals surface area contributed by atoms with Crippen LogP contribution >= 0.6 is 11.3 Å². The van der Waals surface area contributed by atoms with Gasteiger partial charge in [0, 0.05) is 28.0 Å². The van der Waals surface area contributed by atoms with Crippen molar-refractivity contribution in [1.82, 2.24) is 4.98 Å². The number of rotatable bonds is 5. The summed E-state index contributed by atoms with van der Waals surface area (Å²) in [7, 11) is 0. The van der Waals surface area contributed by atoms with Gasteiger partial charge in [0.1, 0.15) is 5.01 Å². The van der Waals surface area contributed by atoms with Crippen LogP contribution in [0.3, 0.4) is 0 Å². The van der Waals surface area contributed by atoms with Crippen molar-refractivity contribution in [1.29, 1.82) is 0 Å². The van der Waals surface area contributed by atoms with E-state index < -0.39 is 0 Å². The highest BCUT2D eigenvalue weighted by Crippen LogP contribution is 2.51. The van der Waals surface area contributed by atoms with Gasteiger partial charge in [-0.2, -0.15) is 0 Å². The molecule has 1 aromatic heterocycles. The monoisotopic (exact) mass is 626 g/mol. The molecule has 1 aliphatic carbocycles. The zero-order valence-corrected chi connectivity index (χ0v) is 28.4. The summed E-state index contributed by atoms with van der Waals surface area (Å²) in [6, 6.07) is 50.9. The maximum Gasteiger partial charge on any atom is 0.124 e. The lowest BCUT2D eigenvalue weighted by Gasteiger charge is -2.29. The number of hydrogen-bond acceptors (Lipinski definition) is 3. The van der Waals surface area contributed by atoms with Gasteiger partial charge in [0.05, 0.1) is 10.2 Å². The van der Waals surface area contributed by atoms with Crippen LogP contribution in [0.1, 0.15) is 51.3 Å². The van der Waals surface area contributed by atoms with Crippen molar-refractivity contribution in [2.45, 2.75) is 45.4 Å².